The molecule has 96 valence electrons. The predicted octanol–water partition coefficient (Wildman–Crippen LogP) is 2.95. The maximum atomic E-state index is 4.68. The SMILES string of the molecule is Bc1ccc(C2CCCC3(CCCCC3)C2)nc1. The van der Waals surface area contributed by atoms with E-state index in [4.69, 9.17) is 0 Å². The number of nitrogens with zero attached hydrogens (tertiary/aromatic N) is 1. The van der Waals surface area contributed by atoms with Gasteiger partial charge in [-0.2, -0.15) is 0 Å². The van der Waals surface area contributed by atoms with Gasteiger partial charge >= 0.3 is 0 Å². The summed E-state index contributed by atoms with van der Waals surface area (Å²) in [6.07, 6.45) is 15.1. The largest absolute Gasteiger partial charge is 0.262 e. The smallest absolute Gasteiger partial charge is 0.141 e. The average molecular weight is 241 g/mol. The van der Waals surface area contributed by atoms with Gasteiger partial charge in [0.1, 0.15) is 7.85 Å². The number of aromatic nitrogens is 1. The van der Waals surface area contributed by atoms with Gasteiger partial charge in [0.15, 0.2) is 0 Å². The lowest BCUT2D eigenvalue weighted by molar-refractivity contribution is 0.109. The van der Waals surface area contributed by atoms with Crippen molar-refractivity contribution in [3.8, 4) is 0 Å². The maximum Gasteiger partial charge on any atom is 0.141 e. The molecule has 1 aromatic heterocycles. The second-order valence-electron chi connectivity index (χ2n) is 6.61. The summed E-state index contributed by atoms with van der Waals surface area (Å²) in [4.78, 5) is 4.68. The van der Waals surface area contributed by atoms with Crippen LogP contribution in [0.25, 0.3) is 0 Å². The van der Waals surface area contributed by atoms with Crippen LogP contribution in [0.15, 0.2) is 18.3 Å². The van der Waals surface area contributed by atoms with Gasteiger partial charge in [-0.1, -0.05) is 37.2 Å². The van der Waals surface area contributed by atoms with Gasteiger partial charge < -0.3 is 0 Å². The van der Waals surface area contributed by atoms with Crippen LogP contribution in [-0.2, 0) is 0 Å². The van der Waals surface area contributed by atoms with E-state index in [0.717, 1.165) is 5.92 Å². The minimum absolute atomic E-state index is 0.688. The molecule has 0 amide bonds. The molecule has 1 atom stereocenters. The van der Waals surface area contributed by atoms with Gasteiger partial charge in [0.05, 0.1) is 0 Å². The van der Waals surface area contributed by atoms with Crippen LogP contribution >= 0.6 is 0 Å². The Labute approximate surface area is 112 Å². The van der Waals surface area contributed by atoms with Crippen LogP contribution in [0.1, 0.15) is 69.4 Å². The first kappa shape index (κ1) is 12.3. The molecule has 2 aliphatic rings. The van der Waals surface area contributed by atoms with E-state index >= 15 is 0 Å². The molecule has 2 saturated carbocycles. The van der Waals surface area contributed by atoms with Crippen molar-refractivity contribution >= 4 is 13.3 Å². The van der Waals surface area contributed by atoms with Crippen molar-refractivity contribution in [3.63, 3.8) is 0 Å². The molecule has 2 fully saturated rings. The Hall–Kier alpha value is -0.785. The van der Waals surface area contributed by atoms with Crippen LogP contribution in [0.3, 0.4) is 0 Å². The normalized spacial score (nSPS) is 27.2. The number of pyridine rings is 1. The third kappa shape index (κ3) is 2.48. The maximum absolute atomic E-state index is 4.68. The summed E-state index contributed by atoms with van der Waals surface area (Å²) in [5, 5.41) is 0. The average Bonchev–Trinajstić information content (AvgIpc) is 2.40. The van der Waals surface area contributed by atoms with E-state index < -0.39 is 0 Å². The van der Waals surface area contributed by atoms with Gasteiger partial charge in [0.25, 0.3) is 0 Å². The number of rotatable bonds is 1. The Kier molecular flexibility index (Phi) is 3.45. The molecule has 0 aliphatic heterocycles. The Morgan fingerprint density at radius 1 is 1.06 bits per heavy atom. The minimum Gasteiger partial charge on any atom is -0.262 e. The van der Waals surface area contributed by atoms with E-state index in [1.165, 1.54) is 68.9 Å². The van der Waals surface area contributed by atoms with Crippen molar-refractivity contribution < 1.29 is 0 Å². The summed E-state index contributed by atoms with van der Waals surface area (Å²) in [5.74, 6) is 0.734. The zero-order valence-electron chi connectivity index (χ0n) is 11.6. The van der Waals surface area contributed by atoms with E-state index in [-0.39, 0.29) is 0 Å². The lowest BCUT2D eigenvalue weighted by atomic mass is 9.62. The lowest BCUT2D eigenvalue weighted by Gasteiger charge is -2.43. The molecule has 18 heavy (non-hydrogen) atoms. The first-order valence-electron chi connectivity index (χ1n) is 7.70. The van der Waals surface area contributed by atoms with E-state index in [1.54, 1.807) is 0 Å². The van der Waals surface area contributed by atoms with Crippen molar-refractivity contribution in [2.24, 2.45) is 5.41 Å². The van der Waals surface area contributed by atoms with Gasteiger partial charge in [-0.15, -0.1) is 0 Å². The van der Waals surface area contributed by atoms with Crippen LogP contribution in [0.5, 0.6) is 0 Å². The zero-order chi connectivity index (χ0) is 12.4. The molecule has 1 unspecified atom stereocenters. The standard InChI is InChI=1S/C16H24BN/c17-14-6-7-15(18-12-14)13-5-4-10-16(11-13)8-2-1-3-9-16/h6-7,12-13H,1-5,8-11,17H2. The van der Waals surface area contributed by atoms with Crippen molar-refractivity contribution in [1.29, 1.82) is 0 Å². The van der Waals surface area contributed by atoms with Crippen molar-refractivity contribution in [2.75, 3.05) is 0 Å². The summed E-state index contributed by atoms with van der Waals surface area (Å²) in [7, 11) is 2.13. The molecule has 2 aliphatic carbocycles. The Morgan fingerprint density at radius 2 is 1.83 bits per heavy atom. The fraction of sp³-hybridized carbons (Fsp3) is 0.688. The highest BCUT2D eigenvalue weighted by Crippen LogP contribution is 2.51. The molecule has 0 aromatic carbocycles. The fourth-order valence-electron chi connectivity index (χ4n) is 4.18. The second kappa shape index (κ2) is 5.07. The van der Waals surface area contributed by atoms with Crippen molar-refractivity contribution in [3.05, 3.63) is 24.0 Å². The van der Waals surface area contributed by atoms with E-state index in [1.807, 2.05) is 6.20 Å². The number of hydrogen-bond acceptors (Lipinski definition) is 1. The summed E-state index contributed by atoms with van der Waals surface area (Å²) >= 11 is 0. The minimum atomic E-state index is 0.688. The van der Waals surface area contributed by atoms with E-state index in [9.17, 15) is 0 Å². The van der Waals surface area contributed by atoms with Crippen molar-refractivity contribution in [1.82, 2.24) is 4.98 Å². The first-order valence-corrected chi connectivity index (χ1v) is 7.70. The molecule has 1 aromatic rings. The molecule has 3 rings (SSSR count). The van der Waals surface area contributed by atoms with Gasteiger partial charge in [0.2, 0.25) is 0 Å². The summed E-state index contributed by atoms with van der Waals surface area (Å²) in [6.45, 7) is 0. The Bertz CT molecular complexity index is 387. The predicted molar refractivity (Wildman–Crippen MR) is 79.1 cm³/mol. The molecule has 1 spiro atoms. The quantitative estimate of drug-likeness (QED) is 0.689. The molecule has 0 radical (unpaired) electrons. The third-order valence-corrected chi connectivity index (χ3v) is 5.21. The summed E-state index contributed by atoms with van der Waals surface area (Å²) < 4.78 is 0. The van der Waals surface area contributed by atoms with Gasteiger partial charge in [-0.25, -0.2) is 0 Å². The Morgan fingerprint density at radius 3 is 2.56 bits per heavy atom. The van der Waals surface area contributed by atoms with Gasteiger partial charge in [0, 0.05) is 17.8 Å². The highest BCUT2D eigenvalue weighted by molar-refractivity contribution is 6.32. The highest BCUT2D eigenvalue weighted by atomic mass is 14.7. The van der Waals surface area contributed by atoms with Crippen LogP contribution in [0.4, 0.5) is 0 Å². The molecule has 0 saturated heterocycles. The zero-order valence-corrected chi connectivity index (χ0v) is 11.6. The molecule has 2 heteroatoms. The fourth-order valence-corrected chi connectivity index (χ4v) is 4.18. The summed E-state index contributed by atoms with van der Waals surface area (Å²) in [6, 6.07) is 4.49. The summed E-state index contributed by atoms with van der Waals surface area (Å²) in [5.41, 5.74) is 3.32. The number of hydrogen-bond donors (Lipinski definition) is 0. The lowest BCUT2D eigenvalue weighted by Crippen LogP contribution is -2.30. The topological polar surface area (TPSA) is 12.9 Å². The van der Waals surface area contributed by atoms with Crippen LogP contribution < -0.4 is 5.46 Å². The molecule has 0 N–H and O–H groups in total. The highest BCUT2D eigenvalue weighted by Gasteiger charge is 2.37. The van der Waals surface area contributed by atoms with Crippen LogP contribution in [0, 0.1) is 5.41 Å². The van der Waals surface area contributed by atoms with E-state index in [0.29, 0.717) is 5.41 Å². The Balaban J connectivity index is 1.75. The molecular formula is C16H24BN. The molecule has 0 bridgehead atoms. The third-order valence-electron chi connectivity index (χ3n) is 5.21. The van der Waals surface area contributed by atoms with E-state index in [2.05, 4.69) is 25.0 Å². The second-order valence-corrected chi connectivity index (χ2v) is 6.61. The van der Waals surface area contributed by atoms with Crippen molar-refractivity contribution in [2.45, 2.75) is 63.7 Å². The monoisotopic (exact) mass is 241 g/mol. The van der Waals surface area contributed by atoms with Crippen LogP contribution in [-0.4, -0.2) is 12.8 Å². The van der Waals surface area contributed by atoms with Crippen LogP contribution in [0.2, 0.25) is 0 Å². The molecular weight excluding hydrogens is 217 g/mol. The molecule has 1 heterocycles. The molecule has 1 nitrogen and oxygen atoms in total. The van der Waals surface area contributed by atoms with Gasteiger partial charge in [-0.3, -0.25) is 4.98 Å². The first-order chi connectivity index (χ1) is 8.77. The van der Waals surface area contributed by atoms with Gasteiger partial charge in [-0.05, 0) is 43.6 Å².